The average Bonchev–Trinajstić information content (AvgIpc) is 3.79. The molecule has 12 atom stereocenters. The van der Waals surface area contributed by atoms with Gasteiger partial charge >= 0.3 is 0 Å². The van der Waals surface area contributed by atoms with Crippen LogP contribution in [-0.4, -0.2) is 29.1 Å². The maximum Gasteiger partial charge on any atom is 0.107 e. The second-order valence-corrected chi connectivity index (χ2v) is 26.1. The molecule has 0 radical (unpaired) electrons. The molecule has 0 N–H and O–H groups in total. The lowest BCUT2D eigenvalue weighted by Gasteiger charge is -2.45. The van der Waals surface area contributed by atoms with E-state index >= 15 is 0 Å². The lowest BCUT2D eigenvalue weighted by molar-refractivity contribution is 0.413. The molecule has 4 aromatic heterocycles. The molecular formula is C38H48O2S4Si. The minimum Gasteiger partial charge on any atom is -0.466 e. The van der Waals surface area contributed by atoms with Crippen LogP contribution in [-0.2, 0) is 0 Å². The summed E-state index contributed by atoms with van der Waals surface area (Å²) in [6.45, 7) is 19.5. The smallest absolute Gasteiger partial charge is 0.107 e. The lowest BCUT2D eigenvalue weighted by atomic mass is 9.86. The van der Waals surface area contributed by atoms with Crippen LogP contribution in [0, 0.1) is 39.5 Å². The molecule has 4 aromatic rings. The van der Waals surface area contributed by atoms with Gasteiger partial charge in [-0.25, -0.2) is 0 Å². The Balaban J connectivity index is 1.22. The summed E-state index contributed by atoms with van der Waals surface area (Å²) >= 11 is 8.78. The van der Waals surface area contributed by atoms with Crippen LogP contribution in [0.4, 0.5) is 0 Å². The van der Waals surface area contributed by atoms with Crippen LogP contribution in [0.2, 0.25) is 24.2 Å². The summed E-state index contributed by atoms with van der Waals surface area (Å²) in [5.41, 5.74) is 1.38. The van der Waals surface area contributed by atoms with E-state index in [1.807, 2.05) is 22.7 Å². The molecule has 7 heteroatoms. The number of furan rings is 2. The van der Waals surface area contributed by atoms with Crippen LogP contribution in [0.5, 0.6) is 0 Å². The first-order valence-electron chi connectivity index (χ1n) is 17.1. The molecule has 240 valence electrons. The number of aryl methyl sites for hydroxylation is 4. The summed E-state index contributed by atoms with van der Waals surface area (Å²) in [5.74, 6) is 8.41. The van der Waals surface area contributed by atoms with Crippen molar-refractivity contribution in [3.05, 3.63) is 91.1 Å². The number of thiophene rings is 2. The first kappa shape index (κ1) is 31.2. The van der Waals surface area contributed by atoms with Gasteiger partial charge in [-0.05, 0) is 112 Å². The fourth-order valence-electron chi connectivity index (χ4n) is 10.7. The van der Waals surface area contributed by atoms with E-state index in [0.29, 0.717) is 67.6 Å². The van der Waals surface area contributed by atoms with Crippen LogP contribution >= 0.6 is 46.2 Å². The zero-order valence-corrected chi connectivity index (χ0v) is 32.2. The number of thioether (sulfide) groups is 2. The quantitative estimate of drug-likeness (QED) is 0.188. The van der Waals surface area contributed by atoms with Crippen molar-refractivity contribution in [2.45, 2.75) is 123 Å². The highest BCUT2D eigenvalue weighted by molar-refractivity contribution is 8.01. The SMILES string of the molecule is Cc1ccc(C2CC3C(SC(C)C3c3ccc(C)s3)C2[Si](C)(C)C2C(c3ccc(C)o3)CC3C2SC(C)C3c2ccc(C)s2)o1. The molecule has 2 saturated heterocycles. The van der Waals surface area contributed by atoms with Gasteiger partial charge in [-0.3, -0.25) is 0 Å². The van der Waals surface area contributed by atoms with Gasteiger partial charge in [0.1, 0.15) is 23.0 Å². The summed E-state index contributed by atoms with van der Waals surface area (Å²) < 4.78 is 13.2. The monoisotopic (exact) mass is 692 g/mol. The molecule has 4 fully saturated rings. The van der Waals surface area contributed by atoms with Gasteiger partial charge < -0.3 is 8.83 Å². The van der Waals surface area contributed by atoms with Crippen LogP contribution in [0.25, 0.3) is 0 Å². The summed E-state index contributed by atoms with van der Waals surface area (Å²) in [6.07, 6.45) is 2.54. The first-order valence-corrected chi connectivity index (χ1v) is 23.7. The highest BCUT2D eigenvalue weighted by Crippen LogP contribution is 2.72. The van der Waals surface area contributed by atoms with E-state index in [2.05, 4.69) is 127 Å². The van der Waals surface area contributed by atoms with E-state index < -0.39 is 8.07 Å². The molecular weight excluding hydrogens is 645 g/mol. The van der Waals surface area contributed by atoms with E-state index in [-0.39, 0.29) is 0 Å². The molecule has 2 aliphatic carbocycles. The topological polar surface area (TPSA) is 26.3 Å². The van der Waals surface area contributed by atoms with Crippen LogP contribution < -0.4 is 0 Å². The van der Waals surface area contributed by atoms with Gasteiger partial charge in [-0.15, -0.1) is 22.7 Å². The molecule has 45 heavy (non-hydrogen) atoms. The number of hydrogen-bond acceptors (Lipinski definition) is 6. The summed E-state index contributed by atoms with van der Waals surface area (Å²) in [6, 6.07) is 18.7. The van der Waals surface area contributed by atoms with E-state index in [1.165, 1.54) is 34.1 Å². The van der Waals surface area contributed by atoms with Crippen molar-refractivity contribution in [1.29, 1.82) is 0 Å². The zero-order chi connectivity index (χ0) is 31.4. The van der Waals surface area contributed by atoms with E-state index in [1.54, 1.807) is 9.75 Å². The minimum absolute atomic E-state index is 0.511. The third-order valence-electron chi connectivity index (χ3n) is 12.3. The van der Waals surface area contributed by atoms with Gasteiger partial charge in [0, 0.05) is 64.2 Å². The molecule has 0 aromatic carbocycles. The van der Waals surface area contributed by atoms with E-state index in [9.17, 15) is 0 Å². The molecule has 2 aliphatic heterocycles. The van der Waals surface area contributed by atoms with Gasteiger partial charge in [0.05, 0.1) is 8.07 Å². The number of hydrogen-bond donors (Lipinski definition) is 0. The first-order chi connectivity index (χ1) is 21.5. The summed E-state index contributed by atoms with van der Waals surface area (Å²) in [5, 5.41) is 2.72. The van der Waals surface area contributed by atoms with Gasteiger partial charge in [0.2, 0.25) is 0 Å². The third kappa shape index (κ3) is 5.07. The van der Waals surface area contributed by atoms with Crippen molar-refractivity contribution in [1.82, 2.24) is 0 Å². The Morgan fingerprint density at radius 3 is 1.36 bits per heavy atom. The normalized spacial score (nSPS) is 37.9. The van der Waals surface area contributed by atoms with Crippen LogP contribution in [0.15, 0.2) is 57.4 Å². The molecule has 0 bridgehead atoms. The Morgan fingerprint density at radius 2 is 1.02 bits per heavy atom. The maximum atomic E-state index is 6.58. The second kappa shape index (κ2) is 11.5. The highest BCUT2D eigenvalue weighted by Gasteiger charge is 2.66. The Morgan fingerprint density at radius 1 is 0.600 bits per heavy atom. The lowest BCUT2D eigenvalue weighted by Crippen LogP contribution is -2.47. The Kier molecular flexibility index (Phi) is 7.96. The fraction of sp³-hybridized carbons (Fsp3) is 0.579. The van der Waals surface area contributed by atoms with Crippen molar-refractivity contribution in [3.8, 4) is 0 Å². The molecule has 4 aliphatic rings. The third-order valence-corrected chi connectivity index (χ3v) is 23.3. The number of fused-ring (bicyclic) bond motifs is 2. The van der Waals surface area contributed by atoms with Crippen LogP contribution in [0.1, 0.15) is 92.9 Å². The molecule has 6 heterocycles. The van der Waals surface area contributed by atoms with Crippen molar-refractivity contribution < 1.29 is 8.83 Å². The van der Waals surface area contributed by atoms with Crippen molar-refractivity contribution >= 4 is 54.3 Å². The van der Waals surface area contributed by atoms with E-state index in [4.69, 9.17) is 8.83 Å². The molecule has 2 saturated carbocycles. The zero-order valence-electron chi connectivity index (χ0n) is 27.9. The van der Waals surface area contributed by atoms with Gasteiger partial charge in [0.15, 0.2) is 0 Å². The van der Waals surface area contributed by atoms with Crippen molar-refractivity contribution in [2.75, 3.05) is 0 Å². The summed E-state index contributed by atoms with van der Waals surface area (Å²) in [4.78, 5) is 6.14. The Labute approximate surface area is 287 Å². The molecule has 12 unspecified atom stereocenters. The maximum absolute atomic E-state index is 6.58. The molecule has 0 spiro atoms. The van der Waals surface area contributed by atoms with Gasteiger partial charge in [-0.2, -0.15) is 23.5 Å². The largest absolute Gasteiger partial charge is 0.466 e. The molecule has 2 nitrogen and oxygen atoms in total. The van der Waals surface area contributed by atoms with E-state index in [0.717, 1.165) is 11.5 Å². The van der Waals surface area contributed by atoms with Gasteiger partial charge in [0.25, 0.3) is 0 Å². The average molecular weight is 693 g/mol. The van der Waals surface area contributed by atoms with Crippen LogP contribution in [0.3, 0.4) is 0 Å². The second-order valence-electron chi connectivity index (χ2n) is 15.3. The van der Waals surface area contributed by atoms with Gasteiger partial charge in [-0.1, -0.05) is 26.9 Å². The predicted molar refractivity (Wildman–Crippen MR) is 199 cm³/mol. The predicted octanol–water partition coefficient (Wildman–Crippen LogP) is 12.2. The molecule has 0 amide bonds. The number of rotatable bonds is 6. The van der Waals surface area contributed by atoms with Crippen molar-refractivity contribution in [3.63, 3.8) is 0 Å². The standard InChI is InChI=1S/C38H48O2S4Si/c1-19-9-13-29(39-19)25-17-27-33(31-15-11-21(3)41-31)23(5)43-35(27)37(25)45(7,8)38-26(30-14-10-20(2)40-30)18-28-34(24(6)44-36(28)38)32-16-12-22(4)42-32/h9-16,23-28,33-38H,17-18H2,1-8H3. The summed E-state index contributed by atoms with van der Waals surface area (Å²) in [7, 11) is -1.95. The Bertz CT molecular complexity index is 1560. The Hall–Kier alpha value is -1.12. The highest BCUT2D eigenvalue weighted by atomic mass is 32.2. The fourth-order valence-corrected chi connectivity index (χ4v) is 24.8. The minimum atomic E-state index is -1.95. The molecule has 8 rings (SSSR count). The van der Waals surface area contributed by atoms with Crippen molar-refractivity contribution in [2.24, 2.45) is 11.8 Å².